The topological polar surface area (TPSA) is 175 Å². The molecule has 2 amide bonds. The first-order valence-corrected chi connectivity index (χ1v) is 18.4. The third-order valence-electron chi connectivity index (χ3n) is 9.61. The third-order valence-corrected chi connectivity index (χ3v) is 10.5. The standard InChI is InChI=1S/C37H42N10O4S/c1-3-39-37(51)42-31-18-26(35-41-30(22-52-35)23-7-5-4-6-8-23)28(19-40-31)25-17-27-32(48)29(36(49)50)21-47(16-15-45-13-11-44(2)12-14-45)34(27)43-33(25)46-10-9-24(38)20-46/h4-8,17-19,21-22,24H,3,9-16,20,38H2,1-2H3,(H,49,50)(H2,39,40,42,51). The summed E-state index contributed by atoms with van der Waals surface area (Å²) in [5, 5.41) is 18.5. The number of likely N-dealkylation sites (N-methyl/N-ethyl adjacent to an activating group) is 1. The summed E-state index contributed by atoms with van der Waals surface area (Å²) in [6.07, 6.45) is 3.83. The van der Waals surface area contributed by atoms with Gasteiger partial charge in [-0.25, -0.2) is 24.5 Å². The van der Waals surface area contributed by atoms with Gasteiger partial charge < -0.3 is 30.5 Å². The number of carbonyl (C=O) groups excluding carboxylic acids is 1. The second kappa shape index (κ2) is 15.2. The molecule has 2 aliphatic rings. The first-order chi connectivity index (χ1) is 25.2. The Hall–Kier alpha value is -5.22. The molecule has 14 nitrogen and oxygen atoms in total. The number of urea groups is 1. The number of thiazole rings is 1. The van der Waals surface area contributed by atoms with E-state index in [0.29, 0.717) is 71.7 Å². The van der Waals surface area contributed by atoms with E-state index in [-0.39, 0.29) is 17.0 Å². The van der Waals surface area contributed by atoms with Crippen LogP contribution in [0.5, 0.6) is 0 Å². The lowest BCUT2D eigenvalue weighted by Crippen LogP contribution is -2.45. The van der Waals surface area contributed by atoms with Crippen molar-refractivity contribution in [1.82, 2.24) is 34.6 Å². The van der Waals surface area contributed by atoms with Crippen molar-refractivity contribution in [3.8, 4) is 33.0 Å². The van der Waals surface area contributed by atoms with Gasteiger partial charge in [0, 0.05) is 105 Å². The molecule has 2 aliphatic heterocycles. The lowest BCUT2D eigenvalue weighted by molar-refractivity contribution is 0.0694. The summed E-state index contributed by atoms with van der Waals surface area (Å²) in [4.78, 5) is 60.4. The van der Waals surface area contributed by atoms with Gasteiger partial charge in [0.2, 0.25) is 5.43 Å². The molecule has 1 unspecified atom stereocenters. The number of nitrogens with zero attached hydrogens (tertiary/aromatic N) is 7. The average molecular weight is 723 g/mol. The summed E-state index contributed by atoms with van der Waals surface area (Å²) in [5.41, 5.74) is 9.54. The minimum Gasteiger partial charge on any atom is -0.477 e. The monoisotopic (exact) mass is 722 g/mol. The van der Waals surface area contributed by atoms with Crippen molar-refractivity contribution in [3.05, 3.63) is 76.0 Å². The minimum absolute atomic E-state index is 0.0622. The van der Waals surface area contributed by atoms with Gasteiger partial charge in [0.15, 0.2) is 0 Å². The van der Waals surface area contributed by atoms with Crippen LogP contribution in [0, 0.1) is 0 Å². The van der Waals surface area contributed by atoms with Crippen molar-refractivity contribution in [2.24, 2.45) is 5.73 Å². The fourth-order valence-electron chi connectivity index (χ4n) is 6.74. The zero-order valence-electron chi connectivity index (χ0n) is 29.2. The SMILES string of the molecule is CCNC(=O)Nc1cc(-c2nc(-c3ccccc3)cs2)c(-c2cc3c(=O)c(C(=O)O)cn(CCN4CCN(C)CC4)c3nc2N2CCC(N)C2)cn1. The number of amides is 2. The largest absolute Gasteiger partial charge is 0.477 e. The highest BCUT2D eigenvalue weighted by molar-refractivity contribution is 7.13. The maximum Gasteiger partial charge on any atom is 0.341 e. The minimum atomic E-state index is -1.30. The van der Waals surface area contributed by atoms with E-state index in [0.717, 1.165) is 43.9 Å². The van der Waals surface area contributed by atoms with E-state index < -0.39 is 17.4 Å². The zero-order chi connectivity index (χ0) is 36.4. The molecule has 15 heteroatoms. The fourth-order valence-corrected chi connectivity index (χ4v) is 7.60. The second-order valence-corrected chi connectivity index (χ2v) is 14.1. The van der Waals surface area contributed by atoms with Gasteiger partial charge in [0.05, 0.1) is 11.1 Å². The second-order valence-electron chi connectivity index (χ2n) is 13.2. The van der Waals surface area contributed by atoms with E-state index in [1.165, 1.54) is 17.5 Å². The van der Waals surface area contributed by atoms with Gasteiger partial charge in [-0.3, -0.25) is 15.0 Å². The molecule has 0 radical (unpaired) electrons. The van der Waals surface area contributed by atoms with Crippen LogP contribution in [0.2, 0.25) is 0 Å². The number of anilines is 2. The van der Waals surface area contributed by atoms with Gasteiger partial charge in [-0.2, -0.15) is 0 Å². The molecule has 0 saturated carbocycles. The highest BCUT2D eigenvalue weighted by Gasteiger charge is 2.28. The van der Waals surface area contributed by atoms with Crippen molar-refractivity contribution < 1.29 is 14.7 Å². The van der Waals surface area contributed by atoms with Crippen LogP contribution >= 0.6 is 11.3 Å². The van der Waals surface area contributed by atoms with E-state index in [9.17, 15) is 19.5 Å². The van der Waals surface area contributed by atoms with Gasteiger partial charge in [-0.15, -0.1) is 11.3 Å². The Labute approximate surface area is 304 Å². The predicted molar refractivity (Wildman–Crippen MR) is 204 cm³/mol. The first kappa shape index (κ1) is 35.2. The number of pyridine rings is 3. The number of piperazine rings is 1. The molecule has 5 aromatic rings. The maximum atomic E-state index is 13.9. The number of aromatic nitrogens is 4. The van der Waals surface area contributed by atoms with Crippen molar-refractivity contribution >= 4 is 46.0 Å². The Morgan fingerprint density at radius 2 is 1.81 bits per heavy atom. The molecular weight excluding hydrogens is 681 g/mol. The van der Waals surface area contributed by atoms with E-state index >= 15 is 0 Å². The fraction of sp³-hybridized carbons (Fsp3) is 0.351. The Morgan fingerprint density at radius 1 is 1.02 bits per heavy atom. The van der Waals surface area contributed by atoms with Crippen LogP contribution in [0.3, 0.4) is 0 Å². The highest BCUT2D eigenvalue weighted by atomic mass is 32.1. The predicted octanol–water partition coefficient (Wildman–Crippen LogP) is 3.87. The quantitative estimate of drug-likeness (QED) is 0.165. The number of benzene rings is 1. The molecule has 0 spiro atoms. The van der Waals surface area contributed by atoms with E-state index in [1.54, 1.807) is 22.9 Å². The summed E-state index contributed by atoms with van der Waals surface area (Å²) in [6.45, 7) is 8.32. The zero-order valence-corrected chi connectivity index (χ0v) is 30.0. The number of fused-ring (bicyclic) bond motifs is 1. The number of hydrogen-bond donors (Lipinski definition) is 4. The van der Waals surface area contributed by atoms with E-state index in [4.69, 9.17) is 15.7 Å². The molecule has 4 aromatic heterocycles. The van der Waals surface area contributed by atoms with Crippen molar-refractivity contribution in [2.45, 2.75) is 25.9 Å². The van der Waals surface area contributed by atoms with Gasteiger partial charge >= 0.3 is 12.0 Å². The number of rotatable bonds is 10. The van der Waals surface area contributed by atoms with Crippen LogP contribution in [-0.4, -0.2) is 112 Å². The number of nitrogens with two attached hydrogens (primary N) is 1. The highest BCUT2D eigenvalue weighted by Crippen LogP contribution is 2.41. The van der Waals surface area contributed by atoms with Crippen LogP contribution in [0.25, 0.3) is 44.0 Å². The summed E-state index contributed by atoms with van der Waals surface area (Å²) in [6, 6.07) is 12.9. The Bertz CT molecular complexity index is 2160. The molecule has 6 heterocycles. The lowest BCUT2D eigenvalue weighted by Gasteiger charge is -2.32. The third kappa shape index (κ3) is 7.39. The normalized spacial score (nSPS) is 16.8. The van der Waals surface area contributed by atoms with E-state index in [1.807, 2.05) is 42.6 Å². The van der Waals surface area contributed by atoms with Gasteiger partial charge in [0.1, 0.15) is 27.9 Å². The summed E-state index contributed by atoms with van der Waals surface area (Å²) in [5.74, 6) is -0.363. The molecule has 2 fully saturated rings. The number of carboxylic acids is 1. The number of carboxylic acid groups (broad SMARTS) is 1. The summed E-state index contributed by atoms with van der Waals surface area (Å²) < 4.78 is 1.80. The molecule has 270 valence electrons. The van der Waals surface area contributed by atoms with Crippen LogP contribution in [0.4, 0.5) is 16.4 Å². The van der Waals surface area contributed by atoms with Crippen LogP contribution in [0.1, 0.15) is 23.7 Å². The lowest BCUT2D eigenvalue weighted by atomic mass is 10.00. The molecule has 0 bridgehead atoms. The summed E-state index contributed by atoms with van der Waals surface area (Å²) in [7, 11) is 2.10. The van der Waals surface area contributed by atoms with E-state index in [2.05, 4.69) is 37.4 Å². The number of aromatic carboxylic acids is 1. The van der Waals surface area contributed by atoms with Crippen molar-refractivity contribution in [2.75, 3.05) is 69.6 Å². The number of nitrogens with one attached hydrogen (secondary N) is 2. The molecule has 0 aliphatic carbocycles. The van der Waals surface area contributed by atoms with Crippen LogP contribution < -0.4 is 26.7 Å². The molecule has 1 aromatic carbocycles. The Kier molecular flexibility index (Phi) is 10.3. The molecular formula is C37H42N10O4S. The molecule has 2 saturated heterocycles. The van der Waals surface area contributed by atoms with Crippen molar-refractivity contribution in [3.63, 3.8) is 0 Å². The average Bonchev–Trinajstić information content (AvgIpc) is 3.82. The summed E-state index contributed by atoms with van der Waals surface area (Å²) >= 11 is 1.45. The molecule has 52 heavy (non-hydrogen) atoms. The van der Waals surface area contributed by atoms with Crippen LogP contribution in [-0.2, 0) is 6.54 Å². The number of hydrogen-bond acceptors (Lipinski definition) is 11. The van der Waals surface area contributed by atoms with Gasteiger partial charge in [0.25, 0.3) is 0 Å². The van der Waals surface area contributed by atoms with Gasteiger partial charge in [-0.05, 0) is 32.5 Å². The Balaban J connectivity index is 1.41. The smallest absolute Gasteiger partial charge is 0.341 e. The molecule has 7 rings (SSSR count). The number of carbonyl (C=O) groups is 2. The van der Waals surface area contributed by atoms with Crippen LogP contribution in [0.15, 0.2) is 65.0 Å². The van der Waals surface area contributed by atoms with Gasteiger partial charge in [-0.1, -0.05) is 30.3 Å². The first-order valence-electron chi connectivity index (χ1n) is 17.5. The van der Waals surface area contributed by atoms with Crippen molar-refractivity contribution in [1.29, 1.82) is 0 Å². The maximum absolute atomic E-state index is 13.9. The Morgan fingerprint density at radius 3 is 2.52 bits per heavy atom. The molecule has 1 atom stereocenters. The molecule has 5 N–H and O–H groups in total.